The first-order valence-corrected chi connectivity index (χ1v) is 9.66. The van der Waals surface area contributed by atoms with Crippen molar-refractivity contribution in [3.8, 4) is 11.5 Å². The van der Waals surface area contributed by atoms with Gasteiger partial charge in [0, 0.05) is 22.2 Å². The van der Waals surface area contributed by atoms with E-state index in [1.165, 1.54) is 0 Å². The Balaban J connectivity index is 1.49. The zero-order valence-corrected chi connectivity index (χ0v) is 16.1. The first-order chi connectivity index (χ1) is 13.2. The van der Waals surface area contributed by atoms with Crippen LogP contribution in [-0.4, -0.2) is 18.2 Å². The number of H-pyrrole nitrogens is 1. The molecule has 1 aromatic heterocycles. The van der Waals surface area contributed by atoms with Gasteiger partial charge >= 0.3 is 0 Å². The molecule has 0 saturated heterocycles. The third-order valence-electron chi connectivity index (χ3n) is 4.73. The molecule has 0 aliphatic carbocycles. The summed E-state index contributed by atoms with van der Waals surface area (Å²) in [5.74, 6) is 1.60. The molecule has 27 heavy (non-hydrogen) atoms. The molecule has 0 spiro atoms. The number of hydrogen-bond acceptors (Lipinski definition) is 3. The largest absolute Gasteiger partial charge is 0.490 e. The summed E-state index contributed by atoms with van der Waals surface area (Å²) in [6.45, 7) is 5.17. The van der Waals surface area contributed by atoms with Gasteiger partial charge in [-0.3, -0.25) is 4.79 Å². The highest BCUT2D eigenvalue weighted by atomic mass is 16.5. The summed E-state index contributed by atoms with van der Waals surface area (Å²) in [5.41, 5.74) is 2.92. The molecular formula is C23H27NO3. The third-order valence-corrected chi connectivity index (χ3v) is 4.73. The van der Waals surface area contributed by atoms with Crippen LogP contribution in [-0.2, 0) is 6.42 Å². The van der Waals surface area contributed by atoms with E-state index in [1.807, 2.05) is 62.4 Å². The SMILES string of the molecule is CCOc1ccccc1OCCCCCc1[nH]c2ccccc2c(=O)c1C. The van der Waals surface area contributed by atoms with Crippen LogP contribution in [0.4, 0.5) is 0 Å². The van der Waals surface area contributed by atoms with Crippen molar-refractivity contribution >= 4 is 10.9 Å². The van der Waals surface area contributed by atoms with Gasteiger partial charge in [0.25, 0.3) is 0 Å². The van der Waals surface area contributed by atoms with Crippen molar-refractivity contribution < 1.29 is 9.47 Å². The third kappa shape index (κ3) is 4.70. The standard InChI is InChI=1S/C23H27NO3/c1-3-26-21-14-8-9-15-22(21)27-16-10-4-5-12-19-17(2)23(25)18-11-6-7-13-20(18)24-19/h6-9,11,13-15H,3-5,10,12,16H2,1-2H3,(H,24,25). The van der Waals surface area contributed by atoms with Gasteiger partial charge in [0.2, 0.25) is 0 Å². The normalized spacial score (nSPS) is 10.9. The summed E-state index contributed by atoms with van der Waals surface area (Å²) < 4.78 is 11.4. The smallest absolute Gasteiger partial charge is 0.192 e. The molecule has 1 heterocycles. The zero-order chi connectivity index (χ0) is 19.1. The van der Waals surface area contributed by atoms with Crippen LogP contribution < -0.4 is 14.9 Å². The number of rotatable bonds is 9. The quantitative estimate of drug-likeness (QED) is 0.541. The fourth-order valence-corrected chi connectivity index (χ4v) is 3.24. The molecule has 0 amide bonds. The van der Waals surface area contributed by atoms with E-state index in [0.717, 1.165) is 59.3 Å². The van der Waals surface area contributed by atoms with E-state index >= 15 is 0 Å². The van der Waals surface area contributed by atoms with Gasteiger partial charge in [0.1, 0.15) is 0 Å². The molecule has 4 nitrogen and oxygen atoms in total. The van der Waals surface area contributed by atoms with Crippen molar-refractivity contribution in [2.45, 2.75) is 39.5 Å². The average Bonchev–Trinajstić information content (AvgIpc) is 2.69. The maximum Gasteiger partial charge on any atom is 0.192 e. The lowest BCUT2D eigenvalue weighted by Crippen LogP contribution is -2.11. The Morgan fingerprint density at radius 2 is 1.59 bits per heavy atom. The fraction of sp³-hybridized carbons (Fsp3) is 0.348. The van der Waals surface area contributed by atoms with Crippen molar-refractivity contribution in [1.29, 1.82) is 0 Å². The molecule has 0 saturated carbocycles. The molecule has 0 atom stereocenters. The molecule has 0 radical (unpaired) electrons. The molecular weight excluding hydrogens is 338 g/mol. The Bertz CT molecular complexity index is 946. The van der Waals surface area contributed by atoms with Crippen LogP contribution in [0, 0.1) is 6.92 Å². The summed E-state index contributed by atoms with van der Waals surface area (Å²) in [6, 6.07) is 15.5. The maximum atomic E-state index is 12.5. The minimum Gasteiger partial charge on any atom is -0.490 e. The second-order valence-electron chi connectivity index (χ2n) is 6.64. The van der Waals surface area contributed by atoms with Crippen molar-refractivity contribution in [1.82, 2.24) is 4.98 Å². The van der Waals surface area contributed by atoms with Crippen LogP contribution in [0.2, 0.25) is 0 Å². The van der Waals surface area contributed by atoms with Crippen LogP contribution in [0.25, 0.3) is 10.9 Å². The number of aryl methyl sites for hydroxylation is 1. The Hall–Kier alpha value is -2.75. The van der Waals surface area contributed by atoms with Gasteiger partial charge in [-0.15, -0.1) is 0 Å². The zero-order valence-electron chi connectivity index (χ0n) is 16.1. The number of aromatic nitrogens is 1. The number of benzene rings is 2. The topological polar surface area (TPSA) is 51.3 Å². The minimum absolute atomic E-state index is 0.134. The minimum atomic E-state index is 0.134. The number of hydrogen-bond donors (Lipinski definition) is 1. The van der Waals surface area contributed by atoms with E-state index in [1.54, 1.807) is 0 Å². The monoisotopic (exact) mass is 365 g/mol. The predicted octanol–water partition coefficient (Wildman–Crippen LogP) is 5.03. The lowest BCUT2D eigenvalue weighted by atomic mass is 10.0. The van der Waals surface area contributed by atoms with E-state index in [0.29, 0.717) is 13.2 Å². The Morgan fingerprint density at radius 3 is 2.37 bits per heavy atom. The Morgan fingerprint density at radius 1 is 0.889 bits per heavy atom. The van der Waals surface area contributed by atoms with Gasteiger partial charge in [-0.25, -0.2) is 0 Å². The summed E-state index contributed by atoms with van der Waals surface area (Å²) >= 11 is 0. The molecule has 1 N–H and O–H groups in total. The second kappa shape index (κ2) is 9.26. The van der Waals surface area contributed by atoms with Crippen LogP contribution in [0.15, 0.2) is 53.3 Å². The van der Waals surface area contributed by atoms with Crippen LogP contribution >= 0.6 is 0 Å². The number of aromatic amines is 1. The molecule has 0 unspecified atom stereocenters. The highest BCUT2D eigenvalue weighted by Crippen LogP contribution is 2.26. The number of unbranched alkanes of at least 4 members (excludes halogenated alkanes) is 2. The molecule has 0 aliphatic rings. The van der Waals surface area contributed by atoms with Crippen LogP contribution in [0.1, 0.15) is 37.4 Å². The number of nitrogens with one attached hydrogen (secondary N) is 1. The molecule has 4 heteroatoms. The first-order valence-electron chi connectivity index (χ1n) is 9.66. The molecule has 142 valence electrons. The number of para-hydroxylation sites is 3. The number of ether oxygens (including phenoxy) is 2. The highest BCUT2D eigenvalue weighted by molar-refractivity contribution is 5.79. The van der Waals surface area contributed by atoms with Gasteiger partial charge in [-0.1, -0.05) is 24.3 Å². The van der Waals surface area contributed by atoms with Crippen LogP contribution in [0.5, 0.6) is 11.5 Å². The molecule has 2 aromatic carbocycles. The maximum absolute atomic E-state index is 12.5. The fourth-order valence-electron chi connectivity index (χ4n) is 3.24. The second-order valence-corrected chi connectivity index (χ2v) is 6.64. The molecule has 0 aliphatic heterocycles. The van der Waals surface area contributed by atoms with Gasteiger partial charge < -0.3 is 14.5 Å². The summed E-state index contributed by atoms with van der Waals surface area (Å²) in [7, 11) is 0. The molecule has 3 aromatic rings. The number of pyridine rings is 1. The lowest BCUT2D eigenvalue weighted by Gasteiger charge is -2.11. The van der Waals surface area contributed by atoms with E-state index in [-0.39, 0.29) is 5.43 Å². The van der Waals surface area contributed by atoms with E-state index in [2.05, 4.69) is 4.98 Å². The van der Waals surface area contributed by atoms with Gasteiger partial charge in [0.15, 0.2) is 16.9 Å². The lowest BCUT2D eigenvalue weighted by molar-refractivity contribution is 0.270. The van der Waals surface area contributed by atoms with Gasteiger partial charge in [-0.2, -0.15) is 0 Å². The Labute approximate surface area is 160 Å². The van der Waals surface area contributed by atoms with E-state index < -0.39 is 0 Å². The van der Waals surface area contributed by atoms with E-state index in [9.17, 15) is 4.79 Å². The summed E-state index contributed by atoms with van der Waals surface area (Å²) in [5, 5.41) is 0.764. The first kappa shape index (κ1) is 19.0. The molecule has 0 fully saturated rings. The van der Waals surface area contributed by atoms with Gasteiger partial charge in [0.05, 0.1) is 13.2 Å². The van der Waals surface area contributed by atoms with Gasteiger partial charge in [-0.05, 0) is 63.8 Å². The van der Waals surface area contributed by atoms with Crippen molar-refractivity contribution in [2.75, 3.05) is 13.2 Å². The average molecular weight is 365 g/mol. The highest BCUT2D eigenvalue weighted by Gasteiger charge is 2.08. The molecule has 0 bridgehead atoms. The van der Waals surface area contributed by atoms with Crippen LogP contribution in [0.3, 0.4) is 0 Å². The van der Waals surface area contributed by atoms with Crippen molar-refractivity contribution in [2.24, 2.45) is 0 Å². The van der Waals surface area contributed by atoms with E-state index in [4.69, 9.17) is 9.47 Å². The summed E-state index contributed by atoms with van der Waals surface area (Å²) in [4.78, 5) is 15.9. The molecule has 3 rings (SSSR count). The summed E-state index contributed by atoms with van der Waals surface area (Å²) in [6.07, 6.45) is 3.91. The number of fused-ring (bicyclic) bond motifs is 1. The predicted molar refractivity (Wildman–Crippen MR) is 110 cm³/mol. The Kier molecular flexibility index (Phi) is 6.53. The van der Waals surface area contributed by atoms with Crippen molar-refractivity contribution in [3.63, 3.8) is 0 Å². The van der Waals surface area contributed by atoms with Crippen molar-refractivity contribution in [3.05, 3.63) is 70.0 Å².